The first kappa shape index (κ1) is 4.79. The average Bonchev–Trinajstić information content (AvgIpc) is 1.86. The molecule has 0 bridgehead atoms. The Kier molecular flexibility index (Phi) is 0.781. The predicted molar refractivity (Wildman–Crippen MR) is 31.5 cm³/mol. The van der Waals surface area contributed by atoms with Crippen LogP contribution in [0.3, 0.4) is 0 Å². The number of carbonyl (C=O) groups is 1. The molecule has 1 aliphatic carbocycles. The molecule has 2 heteroatoms. The Morgan fingerprint density at radius 2 is 2.11 bits per heavy atom. The molecule has 46 valence electrons. The van der Waals surface area contributed by atoms with E-state index in [-0.39, 0.29) is 5.97 Å². The maximum Gasteiger partial charge on any atom is 0.347 e. The van der Waals surface area contributed by atoms with Crippen LogP contribution in [0.15, 0.2) is 23.5 Å². The van der Waals surface area contributed by atoms with Gasteiger partial charge < -0.3 is 4.74 Å². The van der Waals surface area contributed by atoms with Gasteiger partial charge in [-0.2, -0.15) is 0 Å². The van der Waals surface area contributed by atoms with E-state index in [9.17, 15) is 4.79 Å². The molecule has 9 heavy (non-hydrogen) atoms. The van der Waals surface area contributed by atoms with E-state index < -0.39 is 0 Å². The highest BCUT2D eigenvalue weighted by atomic mass is 16.6. The highest BCUT2D eigenvalue weighted by Gasteiger charge is 2.30. The Morgan fingerprint density at radius 1 is 1.33 bits per heavy atom. The average molecular weight is 122 g/mol. The Bertz CT molecular complexity index is 223. The van der Waals surface area contributed by atoms with Crippen molar-refractivity contribution in [3.05, 3.63) is 23.5 Å². The molecule has 0 atom stereocenters. The van der Waals surface area contributed by atoms with E-state index >= 15 is 0 Å². The minimum Gasteiger partial charge on any atom is -0.422 e. The van der Waals surface area contributed by atoms with Gasteiger partial charge in [0, 0.05) is 0 Å². The number of fused-ring (bicyclic) bond motifs is 1. The number of hydrogen-bond donors (Lipinski definition) is 0. The van der Waals surface area contributed by atoms with Gasteiger partial charge in [0.25, 0.3) is 0 Å². The molecule has 0 spiro atoms. The van der Waals surface area contributed by atoms with Crippen molar-refractivity contribution in [1.82, 2.24) is 0 Å². The molecule has 0 aromatic rings. The molecular weight excluding hydrogens is 116 g/mol. The summed E-state index contributed by atoms with van der Waals surface area (Å²) in [5, 5.41) is 0. The monoisotopic (exact) mass is 122 g/mol. The third-order valence-electron chi connectivity index (χ3n) is 1.53. The summed E-state index contributed by atoms with van der Waals surface area (Å²) in [5.74, 6) is 0.618. The molecule has 1 fully saturated rings. The molecule has 1 aliphatic heterocycles. The number of allylic oxidation sites excluding steroid dienone is 2. The van der Waals surface area contributed by atoms with Gasteiger partial charge in [-0.05, 0) is 18.9 Å². The van der Waals surface area contributed by atoms with Crippen molar-refractivity contribution in [2.75, 3.05) is 0 Å². The Hall–Kier alpha value is -1.05. The second kappa shape index (κ2) is 1.47. The second-order valence-corrected chi connectivity index (χ2v) is 2.15. The third-order valence-corrected chi connectivity index (χ3v) is 1.53. The largest absolute Gasteiger partial charge is 0.422 e. The van der Waals surface area contributed by atoms with Crippen LogP contribution >= 0.6 is 0 Å². The lowest BCUT2D eigenvalue weighted by Gasteiger charge is -2.22. The molecule has 1 saturated heterocycles. The summed E-state index contributed by atoms with van der Waals surface area (Å²) in [4.78, 5) is 10.5. The number of carbonyl (C=O) groups excluding carboxylic acids is 1. The van der Waals surface area contributed by atoms with Crippen molar-refractivity contribution >= 4 is 5.97 Å². The van der Waals surface area contributed by atoms with Crippen LogP contribution < -0.4 is 0 Å². The molecular formula is C7H6O2. The SMILES string of the molecule is O=C1OC2=CCCC=C12. The van der Waals surface area contributed by atoms with Gasteiger partial charge >= 0.3 is 5.97 Å². The smallest absolute Gasteiger partial charge is 0.347 e. The van der Waals surface area contributed by atoms with Gasteiger partial charge in [0.15, 0.2) is 0 Å². The normalized spacial score (nSPS) is 22.9. The quantitative estimate of drug-likeness (QED) is 0.450. The summed E-state index contributed by atoms with van der Waals surface area (Å²) in [6.45, 7) is 0. The van der Waals surface area contributed by atoms with E-state index in [2.05, 4.69) is 0 Å². The maximum absolute atomic E-state index is 10.5. The Labute approximate surface area is 52.8 Å². The number of rotatable bonds is 0. The summed E-state index contributed by atoms with van der Waals surface area (Å²) >= 11 is 0. The summed E-state index contributed by atoms with van der Waals surface area (Å²) in [7, 11) is 0. The maximum atomic E-state index is 10.5. The lowest BCUT2D eigenvalue weighted by molar-refractivity contribution is -0.141. The fourth-order valence-electron chi connectivity index (χ4n) is 1.04. The summed E-state index contributed by atoms with van der Waals surface area (Å²) in [6.07, 6.45) is 5.87. The molecule has 2 aliphatic rings. The predicted octanol–water partition coefficient (Wildman–Crippen LogP) is 1.15. The Balaban J connectivity index is 2.35. The van der Waals surface area contributed by atoms with E-state index in [0.29, 0.717) is 0 Å². The van der Waals surface area contributed by atoms with Crippen LogP contribution in [-0.2, 0) is 9.53 Å². The van der Waals surface area contributed by atoms with Gasteiger partial charge in [0.2, 0.25) is 0 Å². The van der Waals surface area contributed by atoms with Crippen molar-refractivity contribution in [3.63, 3.8) is 0 Å². The van der Waals surface area contributed by atoms with Crippen LogP contribution in [0.2, 0.25) is 0 Å². The van der Waals surface area contributed by atoms with Crippen molar-refractivity contribution in [2.45, 2.75) is 12.8 Å². The first-order chi connectivity index (χ1) is 4.38. The molecule has 1 heterocycles. The molecule has 0 N–H and O–H groups in total. The number of hydrogen-bond acceptors (Lipinski definition) is 2. The van der Waals surface area contributed by atoms with E-state index in [4.69, 9.17) is 4.74 Å². The first-order valence-electron chi connectivity index (χ1n) is 3.01. The van der Waals surface area contributed by atoms with Gasteiger partial charge in [0.05, 0.1) is 5.57 Å². The van der Waals surface area contributed by atoms with Crippen molar-refractivity contribution < 1.29 is 9.53 Å². The summed E-state index contributed by atoms with van der Waals surface area (Å²) in [6, 6.07) is 0. The zero-order chi connectivity index (χ0) is 6.27. The van der Waals surface area contributed by atoms with Crippen molar-refractivity contribution in [1.29, 1.82) is 0 Å². The van der Waals surface area contributed by atoms with Gasteiger partial charge in [-0.25, -0.2) is 4.79 Å². The highest BCUT2D eigenvalue weighted by molar-refractivity contribution is 6.00. The molecule has 0 saturated carbocycles. The fraction of sp³-hybridized carbons (Fsp3) is 0.286. The summed E-state index contributed by atoms with van der Waals surface area (Å²) in [5.41, 5.74) is 0.779. The summed E-state index contributed by atoms with van der Waals surface area (Å²) < 4.78 is 4.70. The topological polar surface area (TPSA) is 26.3 Å². The molecule has 0 radical (unpaired) electrons. The lowest BCUT2D eigenvalue weighted by atomic mass is 10.0. The molecule has 0 amide bonds. The van der Waals surface area contributed by atoms with Gasteiger partial charge in [-0.15, -0.1) is 0 Å². The molecule has 0 unspecified atom stereocenters. The van der Waals surface area contributed by atoms with E-state index in [1.807, 2.05) is 12.2 Å². The number of esters is 1. The van der Waals surface area contributed by atoms with Gasteiger partial charge in [0.1, 0.15) is 5.76 Å². The zero-order valence-electron chi connectivity index (χ0n) is 4.89. The van der Waals surface area contributed by atoms with Crippen LogP contribution in [0.4, 0.5) is 0 Å². The molecule has 0 aromatic carbocycles. The zero-order valence-corrected chi connectivity index (χ0v) is 4.89. The van der Waals surface area contributed by atoms with Crippen LogP contribution in [-0.4, -0.2) is 5.97 Å². The van der Waals surface area contributed by atoms with E-state index in [0.717, 1.165) is 24.2 Å². The van der Waals surface area contributed by atoms with E-state index in [1.54, 1.807) is 0 Å². The fourth-order valence-corrected chi connectivity index (χ4v) is 1.04. The third kappa shape index (κ3) is 0.529. The minimum absolute atomic E-state index is 0.166. The van der Waals surface area contributed by atoms with Crippen molar-refractivity contribution in [2.24, 2.45) is 0 Å². The molecule has 2 rings (SSSR count). The van der Waals surface area contributed by atoms with Crippen LogP contribution in [0, 0.1) is 0 Å². The molecule has 0 aromatic heterocycles. The highest BCUT2D eigenvalue weighted by Crippen LogP contribution is 2.29. The standard InChI is InChI=1S/C7H6O2/c8-7-5-3-1-2-4-6(5)9-7/h3-4H,1-2H2. The second-order valence-electron chi connectivity index (χ2n) is 2.15. The van der Waals surface area contributed by atoms with E-state index in [1.165, 1.54) is 0 Å². The minimum atomic E-state index is -0.166. The van der Waals surface area contributed by atoms with Crippen molar-refractivity contribution in [3.8, 4) is 0 Å². The van der Waals surface area contributed by atoms with Crippen LogP contribution in [0.25, 0.3) is 0 Å². The Morgan fingerprint density at radius 3 is 2.67 bits per heavy atom. The van der Waals surface area contributed by atoms with Gasteiger partial charge in [-0.1, -0.05) is 6.08 Å². The van der Waals surface area contributed by atoms with Crippen LogP contribution in [0.5, 0.6) is 0 Å². The lowest BCUT2D eigenvalue weighted by Crippen LogP contribution is -2.23. The first-order valence-corrected chi connectivity index (χ1v) is 3.01. The van der Waals surface area contributed by atoms with Crippen LogP contribution in [0.1, 0.15) is 12.8 Å². The van der Waals surface area contributed by atoms with Gasteiger partial charge in [-0.3, -0.25) is 0 Å². The molecule has 2 nitrogen and oxygen atoms in total. The number of ether oxygens (including phenoxy) is 1.